The van der Waals surface area contributed by atoms with E-state index < -0.39 is 0 Å². The van der Waals surface area contributed by atoms with Crippen LogP contribution in [-0.4, -0.2) is 22.2 Å². The molecule has 3 aromatic rings. The largest absolute Gasteiger partial charge is 0.350 e. The van der Waals surface area contributed by atoms with E-state index in [-0.39, 0.29) is 5.91 Å². The Bertz CT molecular complexity index is 810. The second kappa shape index (κ2) is 6.98. The topological polar surface area (TPSA) is 46.9 Å². The third-order valence-electron chi connectivity index (χ3n) is 3.41. The van der Waals surface area contributed by atoms with Gasteiger partial charge in [-0.25, -0.2) is 4.68 Å². The maximum Gasteiger partial charge on any atom is 0.271 e. The third-order valence-corrected chi connectivity index (χ3v) is 4.70. The van der Waals surface area contributed by atoms with Gasteiger partial charge < -0.3 is 5.32 Å². The number of aryl methyl sites for hydroxylation is 1. The zero-order valence-electron chi connectivity index (χ0n) is 12.6. The van der Waals surface area contributed by atoms with E-state index in [9.17, 15) is 4.79 Å². The highest BCUT2D eigenvalue weighted by molar-refractivity contribution is 7.16. The van der Waals surface area contributed by atoms with Gasteiger partial charge in [-0.2, -0.15) is 5.10 Å². The molecule has 0 saturated heterocycles. The maximum atomic E-state index is 12.2. The maximum absolute atomic E-state index is 12.2. The molecule has 6 heteroatoms. The number of benzene rings is 1. The van der Waals surface area contributed by atoms with Gasteiger partial charge in [0.2, 0.25) is 0 Å². The van der Waals surface area contributed by atoms with E-state index >= 15 is 0 Å². The minimum absolute atomic E-state index is 0.162. The summed E-state index contributed by atoms with van der Waals surface area (Å²) in [5.41, 5.74) is 2.29. The van der Waals surface area contributed by atoms with Gasteiger partial charge in [0.05, 0.1) is 10.0 Å². The molecule has 0 unspecified atom stereocenters. The van der Waals surface area contributed by atoms with Crippen molar-refractivity contribution in [3.8, 4) is 5.69 Å². The molecule has 0 atom stereocenters. The number of amides is 1. The van der Waals surface area contributed by atoms with Crippen LogP contribution >= 0.6 is 22.9 Å². The predicted octanol–water partition coefficient (Wildman–Crippen LogP) is 3.87. The van der Waals surface area contributed by atoms with Crippen LogP contribution in [0.1, 0.15) is 21.1 Å². The lowest BCUT2D eigenvalue weighted by molar-refractivity contribution is 0.0949. The molecule has 0 aliphatic rings. The van der Waals surface area contributed by atoms with Crippen LogP contribution in [0.5, 0.6) is 0 Å². The van der Waals surface area contributed by atoms with Crippen LogP contribution in [0.2, 0.25) is 4.34 Å². The van der Waals surface area contributed by atoms with Crippen LogP contribution < -0.4 is 5.32 Å². The van der Waals surface area contributed by atoms with Crippen LogP contribution in [-0.2, 0) is 6.42 Å². The molecular formula is C17H16ClN3OS. The minimum atomic E-state index is -0.162. The van der Waals surface area contributed by atoms with Crippen molar-refractivity contribution in [1.82, 2.24) is 15.1 Å². The number of halogens is 1. The Hall–Kier alpha value is -2.11. The third kappa shape index (κ3) is 3.81. The van der Waals surface area contributed by atoms with Gasteiger partial charge >= 0.3 is 0 Å². The Balaban J connectivity index is 1.64. The van der Waals surface area contributed by atoms with Crippen LogP contribution in [0.25, 0.3) is 5.69 Å². The summed E-state index contributed by atoms with van der Waals surface area (Å²) in [6, 6.07) is 15.4. The molecule has 1 N–H and O–H groups in total. The van der Waals surface area contributed by atoms with Gasteiger partial charge in [0, 0.05) is 17.1 Å². The fourth-order valence-corrected chi connectivity index (χ4v) is 3.38. The van der Waals surface area contributed by atoms with Gasteiger partial charge in [-0.1, -0.05) is 29.8 Å². The lowest BCUT2D eigenvalue weighted by Gasteiger charge is -2.03. The van der Waals surface area contributed by atoms with Crippen molar-refractivity contribution in [2.45, 2.75) is 13.3 Å². The molecule has 3 rings (SSSR count). The van der Waals surface area contributed by atoms with Gasteiger partial charge in [-0.15, -0.1) is 11.3 Å². The van der Waals surface area contributed by atoms with Gasteiger partial charge in [0.15, 0.2) is 5.69 Å². The molecule has 1 amide bonds. The first-order chi connectivity index (χ1) is 11.1. The Morgan fingerprint density at radius 2 is 2.04 bits per heavy atom. The Morgan fingerprint density at radius 3 is 2.74 bits per heavy atom. The average Bonchev–Trinajstić information content (AvgIpc) is 3.14. The highest BCUT2D eigenvalue weighted by Crippen LogP contribution is 2.21. The van der Waals surface area contributed by atoms with Gasteiger partial charge in [0.25, 0.3) is 5.91 Å². The molecule has 0 saturated carbocycles. The quantitative estimate of drug-likeness (QED) is 0.763. The van der Waals surface area contributed by atoms with Crippen molar-refractivity contribution in [3.63, 3.8) is 0 Å². The molecule has 1 aromatic carbocycles. The van der Waals surface area contributed by atoms with Crippen molar-refractivity contribution < 1.29 is 4.79 Å². The zero-order valence-corrected chi connectivity index (χ0v) is 14.2. The lowest BCUT2D eigenvalue weighted by Crippen LogP contribution is -2.26. The number of rotatable bonds is 5. The molecular weight excluding hydrogens is 330 g/mol. The summed E-state index contributed by atoms with van der Waals surface area (Å²) in [4.78, 5) is 13.4. The number of hydrogen-bond donors (Lipinski definition) is 1. The van der Waals surface area contributed by atoms with Crippen molar-refractivity contribution >= 4 is 28.8 Å². The predicted molar refractivity (Wildman–Crippen MR) is 93.7 cm³/mol. The fourth-order valence-electron chi connectivity index (χ4n) is 2.29. The summed E-state index contributed by atoms with van der Waals surface area (Å²) in [5.74, 6) is -0.162. The first kappa shape index (κ1) is 15.8. The number of nitrogens with zero attached hydrogens (tertiary/aromatic N) is 2. The zero-order chi connectivity index (χ0) is 16.2. The van der Waals surface area contributed by atoms with Crippen molar-refractivity contribution in [3.05, 3.63) is 69.1 Å². The highest BCUT2D eigenvalue weighted by Gasteiger charge is 2.12. The van der Waals surface area contributed by atoms with Gasteiger partial charge in [-0.05, 0) is 43.7 Å². The number of aromatic nitrogens is 2. The van der Waals surface area contributed by atoms with E-state index in [2.05, 4.69) is 10.4 Å². The molecule has 23 heavy (non-hydrogen) atoms. The van der Waals surface area contributed by atoms with Gasteiger partial charge in [0.1, 0.15) is 0 Å². The number of carbonyl (C=O) groups excluding carboxylic acids is 1. The number of nitrogens with one attached hydrogen (secondary N) is 1. The minimum Gasteiger partial charge on any atom is -0.350 e. The van der Waals surface area contributed by atoms with E-state index in [0.717, 1.165) is 27.0 Å². The van der Waals surface area contributed by atoms with Crippen LogP contribution in [0, 0.1) is 6.92 Å². The standard InChI is InChI=1S/C17H16ClN3OS/c1-12-11-15(20-21(12)13-5-3-2-4-6-13)17(22)19-10-9-14-7-8-16(18)23-14/h2-8,11H,9-10H2,1H3,(H,19,22). The summed E-state index contributed by atoms with van der Waals surface area (Å²) >= 11 is 7.43. The smallest absolute Gasteiger partial charge is 0.271 e. The first-order valence-corrected chi connectivity index (χ1v) is 8.47. The number of thiophene rings is 1. The molecule has 2 heterocycles. The number of carbonyl (C=O) groups is 1. The summed E-state index contributed by atoms with van der Waals surface area (Å²) < 4.78 is 2.54. The molecule has 2 aromatic heterocycles. The number of hydrogen-bond acceptors (Lipinski definition) is 3. The van der Waals surface area contributed by atoms with Crippen molar-refractivity contribution in [1.29, 1.82) is 0 Å². The molecule has 0 aliphatic heterocycles. The first-order valence-electron chi connectivity index (χ1n) is 7.28. The summed E-state index contributed by atoms with van der Waals surface area (Å²) in [7, 11) is 0. The van der Waals surface area contributed by atoms with Crippen LogP contribution in [0.3, 0.4) is 0 Å². The Morgan fingerprint density at radius 1 is 1.26 bits per heavy atom. The Kier molecular flexibility index (Phi) is 4.79. The molecule has 0 aliphatic carbocycles. The van der Waals surface area contributed by atoms with Crippen molar-refractivity contribution in [2.75, 3.05) is 6.54 Å². The SMILES string of the molecule is Cc1cc(C(=O)NCCc2ccc(Cl)s2)nn1-c1ccccc1. The second-order valence-electron chi connectivity index (χ2n) is 5.13. The van der Waals surface area contributed by atoms with Crippen LogP contribution in [0.15, 0.2) is 48.5 Å². The summed E-state index contributed by atoms with van der Waals surface area (Å²) in [6.45, 7) is 2.50. The Labute approximate surface area is 143 Å². The van der Waals surface area contributed by atoms with Gasteiger partial charge in [-0.3, -0.25) is 4.79 Å². The molecule has 118 valence electrons. The van der Waals surface area contributed by atoms with Crippen LogP contribution in [0.4, 0.5) is 0 Å². The fraction of sp³-hybridized carbons (Fsp3) is 0.176. The molecule has 0 radical (unpaired) electrons. The summed E-state index contributed by atoms with van der Waals surface area (Å²) in [6.07, 6.45) is 0.765. The molecule has 4 nitrogen and oxygen atoms in total. The van der Waals surface area contributed by atoms with E-state index in [1.54, 1.807) is 10.7 Å². The van der Waals surface area contributed by atoms with E-state index in [4.69, 9.17) is 11.6 Å². The molecule has 0 spiro atoms. The number of para-hydroxylation sites is 1. The second-order valence-corrected chi connectivity index (χ2v) is 6.93. The van der Waals surface area contributed by atoms with E-state index in [0.29, 0.717) is 12.2 Å². The molecule has 0 fully saturated rings. The van der Waals surface area contributed by atoms with Crippen molar-refractivity contribution in [2.24, 2.45) is 0 Å². The monoisotopic (exact) mass is 345 g/mol. The average molecular weight is 346 g/mol. The summed E-state index contributed by atoms with van der Waals surface area (Å²) in [5, 5.41) is 7.29. The normalized spacial score (nSPS) is 10.7. The highest BCUT2D eigenvalue weighted by atomic mass is 35.5. The lowest BCUT2D eigenvalue weighted by atomic mass is 10.3. The molecule has 0 bridgehead atoms. The van der Waals surface area contributed by atoms with E-state index in [1.807, 2.05) is 49.4 Å². The van der Waals surface area contributed by atoms with E-state index in [1.165, 1.54) is 11.3 Å².